The fraction of sp³-hybridized carbons (Fsp3) is 0.0588. The average molecular weight is 265 g/mol. The molecule has 0 N–H and O–H groups in total. The predicted molar refractivity (Wildman–Crippen MR) is 76.2 cm³/mol. The van der Waals surface area contributed by atoms with E-state index in [0.29, 0.717) is 11.3 Å². The van der Waals surface area contributed by atoms with Crippen molar-refractivity contribution in [1.29, 1.82) is 0 Å². The molecule has 20 heavy (non-hydrogen) atoms. The molecule has 0 aliphatic carbocycles. The SMILES string of the molecule is O=C(Cc1ccccc1F)c1ccc2ccccc2n1. The van der Waals surface area contributed by atoms with E-state index < -0.39 is 0 Å². The topological polar surface area (TPSA) is 30.0 Å². The molecule has 0 saturated carbocycles. The standard InChI is InChI=1S/C17H12FNO/c18-14-7-3-1-6-13(14)11-17(20)16-10-9-12-5-2-4-8-15(12)19-16/h1-10H,11H2. The van der Waals surface area contributed by atoms with Gasteiger partial charge in [-0.15, -0.1) is 0 Å². The minimum atomic E-state index is -0.360. The van der Waals surface area contributed by atoms with Gasteiger partial charge in [0.05, 0.1) is 5.52 Å². The van der Waals surface area contributed by atoms with Crippen molar-refractivity contribution in [2.45, 2.75) is 6.42 Å². The van der Waals surface area contributed by atoms with E-state index in [1.54, 1.807) is 24.3 Å². The molecule has 0 bridgehead atoms. The van der Waals surface area contributed by atoms with E-state index in [9.17, 15) is 9.18 Å². The Morgan fingerprint density at radius 3 is 2.55 bits per heavy atom. The fourth-order valence-corrected chi connectivity index (χ4v) is 2.13. The van der Waals surface area contributed by atoms with Gasteiger partial charge in [0.1, 0.15) is 11.5 Å². The van der Waals surface area contributed by atoms with Crippen molar-refractivity contribution in [1.82, 2.24) is 4.98 Å². The second-order valence-electron chi connectivity index (χ2n) is 4.58. The predicted octanol–water partition coefficient (Wildman–Crippen LogP) is 3.80. The van der Waals surface area contributed by atoms with Gasteiger partial charge in [-0.2, -0.15) is 0 Å². The smallest absolute Gasteiger partial charge is 0.185 e. The van der Waals surface area contributed by atoms with Crippen LogP contribution in [0, 0.1) is 5.82 Å². The molecule has 2 aromatic carbocycles. The number of halogens is 1. The Morgan fingerprint density at radius 2 is 1.70 bits per heavy atom. The van der Waals surface area contributed by atoms with Crippen LogP contribution < -0.4 is 0 Å². The van der Waals surface area contributed by atoms with Crippen molar-refractivity contribution in [3.8, 4) is 0 Å². The van der Waals surface area contributed by atoms with Crippen molar-refractivity contribution >= 4 is 16.7 Å². The zero-order chi connectivity index (χ0) is 13.9. The largest absolute Gasteiger partial charge is 0.292 e. The van der Waals surface area contributed by atoms with Crippen molar-refractivity contribution in [3.63, 3.8) is 0 Å². The highest BCUT2D eigenvalue weighted by atomic mass is 19.1. The van der Waals surface area contributed by atoms with E-state index in [-0.39, 0.29) is 18.0 Å². The van der Waals surface area contributed by atoms with Gasteiger partial charge in [0, 0.05) is 11.8 Å². The first kappa shape index (κ1) is 12.5. The average Bonchev–Trinajstić information content (AvgIpc) is 2.49. The second kappa shape index (κ2) is 5.21. The Balaban J connectivity index is 1.91. The molecule has 2 nitrogen and oxygen atoms in total. The van der Waals surface area contributed by atoms with Gasteiger partial charge in [-0.05, 0) is 23.8 Å². The first-order valence-corrected chi connectivity index (χ1v) is 6.36. The maximum absolute atomic E-state index is 13.5. The molecule has 0 unspecified atom stereocenters. The Hall–Kier alpha value is -2.55. The lowest BCUT2D eigenvalue weighted by Crippen LogP contribution is -2.07. The molecule has 0 fully saturated rings. The zero-order valence-corrected chi connectivity index (χ0v) is 10.7. The van der Waals surface area contributed by atoms with E-state index in [0.717, 1.165) is 10.9 Å². The number of fused-ring (bicyclic) bond motifs is 1. The molecule has 3 heteroatoms. The molecule has 0 saturated heterocycles. The van der Waals surface area contributed by atoms with E-state index in [2.05, 4.69) is 4.98 Å². The van der Waals surface area contributed by atoms with E-state index in [1.165, 1.54) is 6.07 Å². The van der Waals surface area contributed by atoms with Gasteiger partial charge in [-0.3, -0.25) is 4.79 Å². The molecule has 0 radical (unpaired) electrons. The summed E-state index contributed by atoms with van der Waals surface area (Å²) in [6, 6.07) is 17.4. The summed E-state index contributed by atoms with van der Waals surface area (Å²) < 4.78 is 13.5. The van der Waals surface area contributed by atoms with Gasteiger partial charge in [-0.25, -0.2) is 9.37 Å². The van der Waals surface area contributed by atoms with Gasteiger partial charge in [0.25, 0.3) is 0 Å². The summed E-state index contributed by atoms with van der Waals surface area (Å²) in [5.74, 6) is -0.539. The van der Waals surface area contributed by atoms with Gasteiger partial charge in [0.15, 0.2) is 5.78 Å². The summed E-state index contributed by atoms with van der Waals surface area (Å²) in [4.78, 5) is 16.5. The lowest BCUT2D eigenvalue weighted by Gasteiger charge is -2.04. The lowest BCUT2D eigenvalue weighted by molar-refractivity contribution is 0.0987. The number of aromatic nitrogens is 1. The summed E-state index contributed by atoms with van der Waals surface area (Å²) in [5, 5.41) is 0.981. The van der Waals surface area contributed by atoms with Gasteiger partial charge >= 0.3 is 0 Å². The molecule has 3 rings (SSSR count). The van der Waals surface area contributed by atoms with Crippen LogP contribution >= 0.6 is 0 Å². The summed E-state index contributed by atoms with van der Waals surface area (Å²) >= 11 is 0. The summed E-state index contributed by atoms with van der Waals surface area (Å²) in [5.41, 5.74) is 1.53. The Morgan fingerprint density at radius 1 is 0.950 bits per heavy atom. The Labute approximate surface area is 115 Å². The van der Waals surface area contributed by atoms with Crippen molar-refractivity contribution in [3.05, 3.63) is 77.7 Å². The molecular weight excluding hydrogens is 253 g/mol. The molecule has 0 spiro atoms. The number of nitrogens with zero attached hydrogens (tertiary/aromatic N) is 1. The number of carbonyl (C=O) groups is 1. The summed E-state index contributed by atoms with van der Waals surface area (Å²) in [6.45, 7) is 0. The third-order valence-corrected chi connectivity index (χ3v) is 3.19. The maximum Gasteiger partial charge on any atom is 0.185 e. The molecule has 0 atom stereocenters. The van der Waals surface area contributed by atoms with Crippen LogP contribution in [0.5, 0.6) is 0 Å². The molecule has 1 heterocycles. The van der Waals surface area contributed by atoms with Crippen LogP contribution in [0.4, 0.5) is 4.39 Å². The number of rotatable bonds is 3. The molecule has 0 aliphatic heterocycles. The highest BCUT2D eigenvalue weighted by Gasteiger charge is 2.11. The number of hydrogen-bond donors (Lipinski definition) is 0. The Bertz CT molecular complexity index is 783. The van der Waals surface area contributed by atoms with Crippen molar-refractivity contribution < 1.29 is 9.18 Å². The zero-order valence-electron chi connectivity index (χ0n) is 10.7. The third kappa shape index (κ3) is 2.43. The van der Waals surface area contributed by atoms with E-state index in [4.69, 9.17) is 0 Å². The molecule has 1 aromatic heterocycles. The third-order valence-electron chi connectivity index (χ3n) is 3.19. The van der Waals surface area contributed by atoms with Crippen LogP contribution in [0.15, 0.2) is 60.7 Å². The Kier molecular flexibility index (Phi) is 3.25. The van der Waals surface area contributed by atoms with Crippen LogP contribution in [0.2, 0.25) is 0 Å². The first-order chi connectivity index (χ1) is 9.74. The maximum atomic E-state index is 13.5. The number of benzene rings is 2. The number of para-hydroxylation sites is 1. The van der Waals surface area contributed by atoms with Crippen LogP contribution in [0.1, 0.15) is 16.1 Å². The summed E-state index contributed by atoms with van der Waals surface area (Å²) in [6.07, 6.45) is 0.0258. The van der Waals surface area contributed by atoms with Gasteiger partial charge < -0.3 is 0 Å². The normalized spacial score (nSPS) is 10.7. The van der Waals surface area contributed by atoms with E-state index in [1.807, 2.05) is 30.3 Å². The first-order valence-electron chi connectivity index (χ1n) is 6.36. The van der Waals surface area contributed by atoms with Crippen LogP contribution in [0.25, 0.3) is 10.9 Å². The second-order valence-corrected chi connectivity index (χ2v) is 4.58. The number of Topliss-reactive ketones (excluding diaryl/α,β-unsaturated/α-hetero) is 1. The number of hydrogen-bond acceptors (Lipinski definition) is 2. The van der Waals surface area contributed by atoms with Crippen molar-refractivity contribution in [2.24, 2.45) is 0 Å². The molecule has 98 valence electrons. The molecule has 0 amide bonds. The van der Waals surface area contributed by atoms with Gasteiger partial charge in [-0.1, -0.05) is 42.5 Å². The lowest BCUT2D eigenvalue weighted by atomic mass is 10.1. The molecular formula is C17H12FNO. The minimum Gasteiger partial charge on any atom is -0.292 e. The highest BCUT2D eigenvalue weighted by molar-refractivity contribution is 5.97. The number of carbonyl (C=O) groups excluding carboxylic acids is 1. The molecule has 3 aromatic rings. The molecule has 0 aliphatic rings. The van der Waals surface area contributed by atoms with Crippen molar-refractivity contribution in [2.75, 3.05) is 0 Å². The summed E-state index contributed by atoms with van der Waals surface area (Å²) in [7, 11) is 0. The van der Waals surface area contributed by atoms with Crippen LogP contribution in [-0.4, -0.2) is 10.8 Å². The van der Waals surface area contributed by atoms with Crippen LogP contribution in [0.3, 0.4) is 0 Å². The fourth-order valence-electron chi connectivity index (χ4n) is 2.13. The number of pyridine rings is 1. The van der Waals surface area contributed by atoms with Crippen LogP contribution in [-0.2, 0) is 6.42 Å². The monoisotopic (exact) mass is 265 g/mol. The van der Waals surface area contributed by atoms with E-state index >= 15 is 0 Å². The highest BCUT2D eigenvalue weighted by Crippen LogP contribution is 2.14. The quantitative estimate of drug-likeness (QED) is 0.674. The minimum absolute atomic E-state index is 0.0258. The number of ketones is 1. The van der Waals surface area contributed by atoms with Gasteiger partial charge in [0.2, 0.25) is 0 Å².